The summed E-state index contributed by atoms with van der Waals surface area (Å²) in [6.45, 7) is 4.17. The van der Waals surface area contributed by atoms with E-state index in [1.807, 2.05) is 42.5 Å². The molecule has 0 fully saturated rings. The number of aryl methyl sites for hydroxylation is 2. The summed E-state index contributed by atoms with van der Waals surface area (Å²) in [4.78, 5) is 41.0. The van der Waals surface area contributed by atoms with Gasteiger partial charge in [-0.25, -0.2) is 39.9 Å². The van der Waals surface area contributed by atoms with Crippen molar-refractivity contribution in [1.29, 1.82) is 0 Å². The number of hydrogen-bond acceptors (Lipinski definition) is 8. The maximum Gasteiger partial charge on any atom is 0.164 e. The first-order valence-electron chi connectivity index (χ1n) is 38.8. The van der Waals surface area contributed by atoms with Gasteiger partial charge in [-0.15, -0.1) is 0 Å². The second-order valence-corrected chi connectivity index (χ2v) is 29.1. The van der Waals surface area contributed by atoms with E-state index in [1.54, 1.807) is 0 Å². The Morgan fingerprint density at radius 1 is 0.183 bits per heavy atom. The molecule has 0 amide bonds. The van der Waals surface area contributed by atoms with Crippen LogP contribution in [0.25, 0.3) is 206 Å². The lowest BCUT2D eigenvalue weighted by atomic mass is 9.91. The van der Waals surface area contributed by atoms with Gasteiger partial charge in [0.2, 0.25) is 0 Å². The van der Waals surface area contributed by atoms with Crippen molar-refractivity contribution in [3.05, 3.63) is 405 Å². The maximum atomic E-state index is 5.31. The van der Waals surface area contributed by atoms with Crippen LogP contribution in [0.1, 0.15) is 11.1 Å². The van der Waals surface area contributed by atoms with Gasteiger partial charge in [0.05, 0.1) is 33.5 Å². The Bertz CT molecular complexity index is 7140. The third-order valence-corrected chi connectivity index (χ3v) is 21.7. The van der Waals surface area contributed by atoms with E-state index in [4.69, 9.17) is 39.9 Å². The minimum Gasteiger partial charge on any atom is -0.309 e. The summed E-state index contributed by atoms with van der Waals surface area (Å²) < 4.78 is 2.32. The molecule has 0 aliphatic carbocycles. The van der Waals surface area contributed by atoms with E-state index >= 15 is 0 Å². The van der Waals surface area contributed by atoms with E-state index in [2.05, 4.69) is 370 Å². The zero-order valence-corrected chi connectivity index (χ0v) is 63.1. The van der Waals surface area contributed by atoms with Crippen molar-refractivity contribution >= 4 is 65.2 Å². The van der Waals surface area contributed by atoms with E-state index < -0.39 is 0 Å². The lowest BCUT2D eigenvalue weighted by Crippen LogP contribution is -2.01. The molecule has 0 unspecified atom stereocenters. The molecule has 540 valence electrons. The Labute approximate surface area is 665 Å². The first-order chi connectivity index (χ1) is 56.8. The van der Waals surface area contributed by atoms with Crippen LogP contribution >= 0.6 is 0 Å². The third kappa shape index (κ3) is 13.4. The lowest BCUT2D eigenvalue weighted by molar-refractivity contribution is 1.07. The van der Waals surface area contributed by atoms with E-state index in [-0.39, 0.29) is 0 Å². The molecule has 16 aromatic carbocycles. The van der Waals surface area contributed by atoms with Crippen LogP contribution in [-0.4, -0.2) is 44.4 Å². The summed E-state index contributed by atoms with van der Waals surface area (Å²) >= 11 is 0. The van der Waals surface area contributed by atoms with E-state index in [0.717, 1.165) is 127 Å². The molecule has 0 spiro atoms. The number of hydrogen-bond donors (Lipinski definition) is 0. The van der Waals surface area contributed by atoms with E-state index in [9.17, 15) is 0 Å². The third-order valence-electron chi connectivity index (χ3n) is 21.7. The van der Waals surface area contributed by atoms with Gasteiger partial charge in [-0.1, -0.05) is 345 Å². The van der Waals surface area contributed by atoms with Crippen LogP contribution < -0.4 is 0 Å². The van der Waals surface area contributed by atoms with Crippen LogP contribution in [0.5, 0.6) is 0 Å². The fourth-order valence-corrected chi connectivity index (χ4v) is 16.0. The van der Waals surface area contributed by atoms with Gasteiger partial charge in [0, 0.05) is 93.3 Å². The summed E-state index contributed by atoms with van der Waals surface area (Å²) in [5.74, 6) is 3.77. The first kappa shape index (κ1) is 68.9. The molecular formula is C106H71N9. The van der Waals surface area contributed by atoms with Gasteiger partial charge in [0.15, 0.2) is 34.9 Å². The van der Waals surface area contributed by atoms with Crippen molar-refractivity contribution in [2.24, 2.45) is 0 Å². The highest BCUT2D eigenvalue weighted by atomic mass is 15.0. The summed E-state index contributed by atoms with van der Waals surface area (Å²) in [6, 6.07) is 138. The topological polar surface area (TPSA) is 108 Å². The van der Waals surface area contributed by atoms with Gasteiger partial charge in [-0.2, -0.15) is 0 Å². The van der Waals surface area contributed by atoms with Crippen molar-refractivity contribution in [2.45, 2.75) is 13.8 Å². The number of para-hydroxylation sites is 2. The Hall–Kier alpha value is -15.3. The van der Waals surface area contributed by atoms with Gasteiger partial charge in [0.25, 0.3) is 0 Å². The number of pyridine rings is 2. The largest absolute Gasteiger partial charge is 0.309 e. The fourth-order valence-electron chi connectivity index (χ4n) is 16.0. The molecule has 21 aromatic rings. The molecule has 115 heavy (non-hydrogen) atoms. The quantitative estimate of drug-likeness (QED) is 0.105. The minimum atomic E-state index is 0.606. The van der Waals surface area contributed by atoms with Crippen LogP contribution in [0, 0.1) is 13.8 Å². The highest BCUT2D eigenvalue weighted by Crippen LogP contribution is 2.44. The van der Waals surface area contributed by atoms with Gasteiger partial charge in [-0.05, 0) is 119 Å². The Morgan fingerprint density at radius 3 is 0.878 bits per heavy atom. The molecular weight excluding hydrogens is 1400 g/mol. The molecule has 0 saturated carbocycles. The van der Waals surface area contributed by atoms with Crippen molar-refractivity contribution in [3.8, 4) is 141 Å². The fraction of sp³-hybridized carbons (Fsp3) is 0.0189. The molecule has 0 bridgehead atoms. The highest BCUT2D eigenvalue weighted by molar-refractivity contribution is 6.19. The molecule has 5 aromatic heterocycles. The van der Waals surface area contributed by atoms with Gasteiger partial charge < -0.3 is 4.57 Å². The van der Waals surface area contributed by atoms with E-state index in [0.29, 0.717) is 34.9 Å². The number of nitrogens with zero attached hydrogens (tertiary/aromatic N) is 9. The molecule has 0 aliphatic heterocycles. The smallest absolute Gasteiger partial charge is 0.164 e. The number of benzene rings is 16. The second kappa shape index (κ2) is 29.8. The zero-order valence-electron chi connectivity index (χ0n) is 63.1. The van der Waals surface area contributed by atoms with Gasteiger partial charge >= 0.3 is 0 Å². The van der Waals surface area contributed by atoms with Crippen LogP contribution in [0.15, 0.2) is 394 Å². The summed E-state index contributed by atoms with van der Waals surface area (Å²) in [5.41, 5.74) is 26.4. The molecule has 0 aliphatic rings. The molecule has 0 saturated heterocycles. The molecule has 9 heteroatoms. The number of fused-ring (bicyclic) bond motifs is 9. The first-order valence-corrected chi connectivity index (χ1v) is 38.8. The lowest BCUT2D eigenvalue weighted by Gasteiger charge is -2.15. The van der Waals surface area contributed by atoms with Crippen LogP contribution in [0.3, 0.4) is 0 Å². The normalized spacial score (nSPS) is 11.4. The van der Waals surface area contributed by atoms with Crippen molar-refractivity contribution in [1.82, 2.24) is 44.4 Å². The molecule has 0 atom stereocenters. The van der Waals surface area contributed by atoms with Crippen molar-refractivity contribution in [3.63, 3.8) is 0 Å². The number of rotatable bonds is 13. The average Bonchev–Trinajstić information content (AvgIpc) is 1.68. The van der Waals surface area contributed by atoms with E-state index in [1.165, 1.54) is 54.9 Å². The van der Waals surface area contributed by atoms with Crippen molar-refractivity contribution in [2.75, 3.05) is 0 Å². The Kier molecular flexibility index (Phi) is 17.9. The summed E-state index contributed by atoms with van der Waals surface area (Å²) in [7, 11) is 0. The second-order valence-electron chi connectivity index (χ2n) is 29.1. The summed E-state index contributed by atoms with van der Waals surface area (Å²) in [6.07, 6.45) is 0. The molecule has 21 rings (SSSR count). The molecule has 0 N–H and O–H groups in total. The minimum absolute atomic E-state index is 0.606. The van der Waals surface area contributed by atoms with Crippen molar-refractivity contribution < 1.29 is 0 Å². The number of aromatic nitrogens is 9. The average molecular weight is 1470 g/mol. The SMILES string of the molecule is Cc1ccc(-c2nc(-c3ccc(C)cc3)nc(-c3cccc(-c4ccc5nc(-c6ccccc6)c6cccc(-c7ccccc7)c6c5c4)c3)n2)cc1.c1ccc(-c2nc(-c3cccc(-c4ccc5nc(-c6ccccc6)c6cccc(-c7ccccc7)c6c5c4)c3)nc(-c3cccc(-n4c5ccccc5c5ccccc54)c3)n2)cc1. The van der Waals surface area contributed by atoms with Crippen LogP contribution in [0.4, 0.5) is 0 Å². The molecule has 5 heterocycles. The predicted molar refractivity (Wildman–Crippen MR) is 474 cm³/mol. The monoisotopic (exact) mass is 1470 g/mol. The standard InChI is InChI=1S/C58H37N5.C48H34N4/c1-4-17-38(18-5-1)46-29-16-30-49-54(46)50-37-42(33-34-51(50)59-55(49)39-19-6-2-7-20-39)41-23-14-24-43(35-41)57-60-56(40-21-8-3-9-22-40)61-58(62-57)44-25-15-26-45(36-44)63-52-31-12-10-27-47(52)48-28-11-13-32-53(48)63;1-31-19-23-35(24-20-31)46-50-47(36-25-21-32(2)22-26-36)52-48(51-46)39-16-9-15-37(29-39)38-27-28-43-42(30-38)44-40(33-11-5-3-6-12-33)17-10-18-41(44)45(49-43)34-13-7-4-8-14-34/h1-37H;3-30H,1-2H3. The van der Waals surface area contributed by atoms with Gasteiger partial charge in [0.1, 0.15) is 0 Å². The highest BCUT2D eigenvalue weighted by Gasteiger charge is 2.22. The Morgan fingerprint density at radius 2 is 0.470 bits per heavy atom. The maximum absolute atomic E-state index is 5.31. The van der Waals surface area contributed by atoms with Crippen LogP contribution in [0.2, 0.25) is 0 Å². The Balaban J connectivity index is 0.000000152. The molecule has 0 radical (unpaired) electrons. The zero-order chi connectivity index (χ0) is 76.7. The molecule has 9 nitrogen and oxygen atoms in total. The van der Waals surface area contributed by atoms with Crippen LogP contribution in [-0.2, 0) is 0 Å². The predicted octanol–water partition coefficient (Wildman–Crippen LogP) is 26.9. The summed E-state index contributed by atoms with van der Waals surface area (Å²) in [5, 5.41) is 9.28. The van der Waals surface area contributed by atoms with Gasteiger partial charge in [-0.3, -0.25) is 0 Å².